The van der Waals surface area contributed by atoms with Gasteiger partial charge in [0, 0.05) is 24.8 Å². The van der Waals surface area contributed by atoms with E-state index in [2.05, 4.69) is 0 Å². The molecule has 1 aromatic carbocycles. The van der Waals surface area contributed by atoms with Gasteiger partial charge in [-0.1, -0.05) is 0 Å². The number of hydrogen-bond donors (Lipinski definition) is 0. The first-order valence-electron chi connectivity index (χ1n) is 4.77. The van der Waals surface area contributed by atoms with Crippen molar-refractivity contribution >= 4 is 12.0 Å². The molecule has 0 aliphatic carbocycles. The van der Waals surface area contributed by atoms with Gasteiger partial charge in [-0.3, -0.25) is 4.79 Å². The van der Waals surface area contributed by atoms with Gasteiger partial charge in [0.25, 0.3) is 0 Å². The van der Waals surface area contributed by atoms with Gasteiger partial charge in [-0.25, -0.2) is 0 Å². The number of aldehydes is 1. The van der Waals surface area contributed by atoms with Crippen LogP contribution in [-0.4, -0.2) is 19.9 Å². The van der Waals surface area contributed by atoms with E-state index in [9.17, 15) is 18.0 Å². The molecule has 0 bridgehead atoms. The van der Waals surface area contributed by atoms with Gasteiger partial charge >= 0.3 is 6.18 Å². The van der Waals surface area contributed by atoms with Crippen LogP contribution in [0.1, 0.15) is 22.8 Å². The summed E-state index contributed by atoms with van der Waals surface area (Å²) < 4.78 is 37.8. The number of hydrogen-bond acceptors (Lipinski definition) is 2. The Morgan fingerprint density at radius 2 is 2.00 bits per heavy atom. The molecule has 0 amide bonds. The van der Waals surface area contributed by atoms with Crippen molar-refractivity contribution < 1.29 is 18.0 Å². The van der Waals surface area contributed by atoms with E-state index in [1.54, 1.807) is 11.9 Å². The molecule has 0 radical (unpaired) electrons. The summed E-state index contributed by atoms with van der Waals surface area (Å²) in [5.74, 6) is 0. The maximum atomic E-state index is 12.6. The first-order chi connectivity index (χ1) is 7.40. The summed E-state index contributed by atoms with van der Waals surface area (Å²) in [5.41, 5.74) is -0.776. The zero-order chi connectivity index (χ0) is 12.3. The Labute approximate surface area is 91.7 Å². The predicted octanol–water partition coefficient (Wildman–Crippen LogP) is 2.97. The maximum absolute atomic E-state index is 12.6. The van der Waals surface area contributed by atoms with Gasteiger partial charge in [-0.05, 0) is 25.1 Å². The molecule has 0 heterocycles. The lowest BCUT2D eigenvalue weighted by Gasteiger charge is -2.19. The highest BCUT2D eigenvalue weighted by Gasteiger charge is 2.33. The number of benzene rings is 1. The van der Waals surface area contributed by atoms with Gasteiger partial charge in [0.15, 0.2) is 6.29 Å². The predicted molar refractivity (Wildman–Crippen MR) is 55.8 cm³/mol. The van der Waals surface area contributed by atoms with Gasteiger partial charge in [0.05, 0.1) is 5.56 Å². The molecular formula is C11H12F3NO. The molecule has 0 saturated heterocycles. The summed E-state index contributed by atoms with van der Waals surface area (Å²) >= 11 is 0. The molecule has 0 spiro atoms. The summed E-state index contributed by atoms with van der Waals surface area (Å²) in [4.78, 5) is 12.2. The van der Waals surface area contributed by atoms with E-state index < -0.39 is 11.7 Å². The molecule has 0 atom stereocenters. The Bertz CT molecular complexity index is 387. The lowest BCUT2D eigenvalue weighted by atomic mass is 10.1. The van der Waals surface area contributed by atoms with E-state index in [0.29, 0.717) is 12.2 Å². The van der Waals surface area contributed by atoms with Crippen LogP contribution in [-0.2, 0) is 6.18 Å². The largest absolute Gasteiger partial charge is 0.417 e. The van der Waals surface area contributed by atoms with Crippen molar-refractivity contribution in [3.63, 3.8) is 0 Å². The lowest BCUT2D eigenvalue weighted by Crippen LogP contribution is -2.17. The molecule has 0 N–H and O–H groups in total. The molecule has 0 saturated carbocycles. The topological polar surface area (TPSA) is 20.3 Å². The molecule has 0 fully saturated rings. The van der Waals surface area contributed by atoms with Crippen LogP contribution in [0.15, 0.2) is 18.2 Å². The molecule has 88 valence electrons. The Hall–Kier alpha value is -1.52. The molecule has 16 heavy (non-hydrogen) atoms. The minimum Gasteiger partial charge on any atom is -0.375 e. The Kier molecular flexibility index (Phi) is 3.57. The summed E-state index contributed by atoms with van der Waals surface area (Å²) in [6.45, 7) is 2.43. The normalized spacial score (nSPS) is 11.3. The van der Waals surface area contributed by atoms with E-state index >= 15 is 0 Å². The zero-order valence-electron chi connectivity index (χ0n) is 9.01. The van der Waals surface area contributed by atoms with Gasteiger partial charge in [-0.15, -0.1) is 0 Å². The number of nitrogens with zero attached hydrogens (tertiary/aromatic N) is 1. The highest BCUT2D eigenvalue weighted by atomic mass is 19.4. The Balaban J connectivity index is 3.27. The van der Waals surface area contributed by atoms with Gasteiger partial charge in [0.1, 0.15) is 0 Å². The van der Waals surface area contributed by atoms with Crippen molar-refractivity contribution in [1.82, 2.24) is 0 Å². The summed E-state index contributed by atoms with van der Waals surface area (Å²) in [5, 5.41) is 0. The molecule has 0 aliphatic rings. The monoisotopic (exact) mass is 231 g/mol. The number of halogens is 3. The number of alkyl halides is 3. The van der Waals surface area contributed by atoms with Gasteiger partial charge in [0.2, 0.25) is 0 Å². The summed E-state index contributed by atoms with van der Waals surface area (Å²) in [6, 6.07) is 3.69. The minimum absolute atomic E-state index is 0.221. The standard InChI is InChI=1S/C11H12F3NO/c1-3-15(2)9-5-4-8(7-16)10(6-9)11(12,13)14/h4-7H,3H2,1-2H3. The fraction of sp³-hybridized carbons (Fsp3) is 0.364. The Morgan fingerprint density at radius 3 is 2.44 bits per heavy atom. The third-order valence-electron chi connectivity index (χ3n) is 2.38. The van der Waals surface area contributed by atoms with Crippen molar-refractivity contribution in [3.8, 4) is 0 Å². The average molecular weight is 231 g/mol. The van der Waals surface area contributed by atoms with Crippen molar-refractivity contribution in [3.05, 3.63) is 29.3 Å². The first-order valence-corrected chi connectivity index (χ1v) is 4.77. The molecule has 0 aromatic heterocycles. The fourth-order valence-corrected chi connectivity index (χ4v) is 1.31. The van der Waals surface area contributed by atoms with Gasteiger partial charge < -0.3 is 4.90 Å². The third kappa shape index (κ3) is 2.53. The minimum atomic E-state index is -4.50. The number of carbonyl (C=O) groups excluding carboxylic acids is 1. The smallest absolute Gasteiger partial charge is 0.375 e. The SMILES string of the molecule is CCN(C)c1ccc(C=O)c(C(F)(F)F)c1. The van der Waals surface area contributed by atoms with Crippen LogP contribution in [0.2, 0.25) is 0 Å². The summed E-state index contributed by atoms with van der Waals surface area (Å²) in [6.07, 6.45) is -4.28. The second-order valence-corrected chi connectivity index (χ2v) is 3.40. The molecule has 5 heteroatoms. The van der Waals surface area contributed by atoms with Crippen molar-refractivity contribution in [2.45, 2.75) is 13.1 Å². The Morgan fingerprint density at radius 1 is 1.38 bits per heavy atom. The van der Waals surface area contributed by atoms with Crippen LogP contribution in [0.5, 0.6) is 0 Å². The fourth-order valence-electron chi connectivity index (χ4n) is 1.31. The first kappa shape index (κ1) is 12.5. The van der Waals surface area contributed by atoms with E-state index in [1.807, 2.05) is 6.92 Å². The van der Waals surface area contributed by atoms with Gasteiger partial charge in [-0.2, -0.15) is 13.2 Å². The molecule has 0 unspecified atom stereocenters. The van der Waals surface area contributed by atoms with Crippen LogP contribution in [0, 0.1) is 0 Å². The second-order valence-electron chi connectivity index (χ2n) is 3.40. The molecular weight excluding hydrogens is 219 g/mol. The van der Waals surface area contributed by atoms with Crippen LogP contribution in [0.3, 0.4) is 0 Å². The highest BCUT2D eigenvalue weighted by molar-refractivity contribution is 5.79. The van der Waals surface area contributed by atoms with Crippen LogP contribution in [0.4, 0.5) is 18.9 Å². The van der Waals surface area contributed by atoms with Crippen molar-refractivity contribution in [2.24, 2.45) is 0 Å². The highest BCUT2D eigenvalue weighted by Crippen LogP contribution is 2.33. The number of rotatable bonds is 3. The molecule has 1 rings (SSSR count). The van der Waals surface area contributed by atoms with E-state index in [1.165, 1.54) is 12.1 Å². The van der Waals surface area contributed by atoms with E-state index in [0.717, 1.165) is 6.07 Å². The van der Waals surface area contributed by atoms with Crippen molar-refractivity contribution in [2.75, 3.05) is 18.5 Å². The zero-order valence-corrected chi connectivity index (χ0v) is 9.01. The molecule has 0 aliphatic heterocycles. The molecule has 1 aromatic rings. The van der Waals surface area contributed by atoms with Crippen LogP contribution >= 0.6 is 0 Å². The van der Waals surface area contributed by atoms with Crippen molar-refractivity contribution in [1.29, 1.82) is 0 Å². The summed E-state index contributed by atoms with van der Waals surface area (Å²) in [7, 11) is 1.69. The maximum Gasteiger partial charge on any atom is 0.417 e. The second kappa shape index (κ2) is 4.55. The quantitative estimate of drug-likeness (QED) is 0.745. The lowest BCUT2D eigenvalue weighted by molar-refractivity contribution is -0.137. The van der Waals surface area contributed by atoms with Crippen LogP contribution < -0.4 is 4.90 Å². The molecule has 2 nitrogen and oxygen atoms in total. The van der Waals surface area contributed by atoms with E-state index in [-0.39, 0.29) is 11.8 Å². The number of carbonyl (C=O) groups is 1. The van der Waals surface area contributed by atoms with Crippen LogP contribution in [0.25, 0.3) is 0 Å². The average Bonchev–Trinajstić information content (AvgIpc) is 2.26. The number of anilines is 1. The third-order valence-corrected chi connectivity index (χ3v) is 2.38. The van der Waals surface area contributed by atoms with E-state index in [4.69, 9.17) is 0 Å².